The van der Waals surface area contributed by atoms with Gasteiger partial charge in [-0.15, -0.1) is 0 Å². The molecule has 0 spiro atoms. The highest BCUT2D eigenvalue weighted by Gasteiger charge is 2.33. The fraction of sp³-hybridized carbons (Fsp3) is 0.458. The van der Waals surface area contributed by atoms with Gasteiger partial charge in [-0.2, -0.15) is 0 Å². The number of carbonyl (C=O) groups excluding carboxylic acids is 1. The van der Waals surface area contributed by atoms with Gasteiger partial charge in [0.2, 0.25) is 5.78 Å². The standard InChI is InChI=1S/C24H31NO4/c1-5-25(6-2)13-7-8-17-9-11-19(12-10-17)29-23-15-18-14-21(27-3)22(28-4)16-20(18)24(23)26/h9-12,14,16,23H,5-8,13,15H2,1-4H3. The molecule has 29 heavy (non-hydrogen) atoms. The van der Waals surface area contributed by atoms with Gasteiger partial charge in [-0.1, -0.05) is 26.0 Å². The predicted molar refractivity (Wildman–Crippen MR) is 115 cm³/mol. The Kier molecular flexibility index (Phi) is 7.15. The smallest absolute Gasteiger partial charge is 0.204 e. The minimum absolute atomic E-state index is 0.00995. The molecule has 156 valence electrons. The van der Waals surface area contributed by atoms with Gasteiger partial charge in [-0.25, -0.2) is 0 Å². The second kappa shape index (κ2) is 9.79. The number of benzene rings is 2. The normalized spacial score (nSPS) is 15.5. The van der Waals surface area contributed by atoms with Crippen molar-refractivity contribution < 1.29 is 19.0 Å². The van der Waals surface area contributed by atoms with Crippen LogP contribution in [0.4, 0.5) is 0 Å². The van der Waals surface area contributed by atoms with Crippen molar-refractivity contribution in [1.82, 2.24) is 4.90 Å². The predicted octanol–water partition coefficient (Wildman–Crippen LogP) is 4.16. The molecular weight excluding hydrogens is 366 g/mol. The van der Waals surface area contributed by atoms with E-state index in [1.54, 1.807) is 20.3 Å². The largest absolute Gasteiger partial charge is 0.493 e. The van der Waals surface area contributed by atoms with Crippen LogP contribution >= 0.6 is 0 Å². The second-order valence-electron chi connectivity index (χ2n) is 7.31. The lowest BCUT2D eigenvalue weighted by molar-refractivity contribution is 0.0821. The molecule has 5 heteroatoms. The molecule has 1 aliphatic rings. The molecule has 0 fully saturated rings. The van der Waals surface area contributed by atoms with Crippen LogP contribution in [0.25, 0.3) is 0 Å². The first kappa shape index (κ1) is 21.2. The van der Waals surface area contributed by atoms with E-state index in [4.69, 9.17) is 14.2 Å². The fourth-order valence-electron chi connectivity index (χ4n) is 3.83. The number of nitrogens with zero attached hydrogens (tertiary/aromatic N) is 1. The summed E-state index contributed by atoms with van der Waals surface area (Å²) < 4.78 is 16.7. The van der Waals surface area contributed by atoms with Crippen molar-refractivity contribution in [3.8, 4) is 17.2 Å². The fourth-order valence-corrected chi connectivity index (χ4v) is 3.83. The third-order valence-electron chi connectivity index (χ3n) is 5.61. The summed E-state index contributed by atoms with van der Waals surface area (Å²) >= 11 is 0. The summed E-state index contributed by atoms with van der Waals surface area (Å²) in [7, 11) is 3.17. The summed E-state index contributed by atoms with van der Waals surface area (Å²) in [5.74, 6) is 1.91. The van der Waals surface area contributed by atoms with Crippen molar-refractivity contribution in [2.45, 2.75) is 39.2 Å². The second-order valence-corrected chi connectivity index (χ2v) is 7.31. The van der Waals surface area contributed by atoms with Gasteiger partial charge < -0.3 is 19.1 Å². The molecule has 3 rings (SSSR count). The number of aryl methyl sites for hydroxylation is 1. The van der Waals surface area contributed by atoms with Gasteiger partial charge in [0, 0.05) is 12.0 Å². The van der Waals surface area contributed by atoms with Crippen molar-refractivity contribution >= 4 is 5.78 Å². The maximum absolute atomic E-state index is 12.8. The number of Topliss-reactive ketones (excluding diaryl/α,β-unsaturated/α-hetero) is 1. The summed E-state index contributed by atoms with van der Waals surface area (Å²) in [5, 5.41) is 0. The number of ether oxygens (including phenoxy) is 3. The van der Waals surface area contributed by atoms with Gasteiger partial charge >= 0.3 is 0 Å². The summed E-state index contributed by atoms with van der Waals surface area (Å²) in [6, 6.07) is 11.7. The Morgan fingerprint density at radius 3 is 2.28 bits per heavy atom. The molecule has 0 saturated carbocycles. The topological polar surface area (TPSA) is 48.0 Å². The van der Waals surface area contributed by atoms with E-state index < -0.39 is 6.10 Å². The number of ketones is 1. The van der Waals surface area contributed by atoms with Crippen LogP contribution in [0.2, 0.25) is 0 Å². The van der Waals surface area contributed by atoms with E-state index in [-0.39, 0.29) is 5.78 Å². The molecule has 0 N–H and O–H groups in total. The van der Waals surface area contributed by atoms with E-state index in [0.29, 0.717) is 23.5 Å². The van der Waals surface area contributed by atoms with Crippen molar-refractivity contribution in [3.05, 3.63) is 53.1 Å². The quantitative estimate of drug-likeness (QED) is 0.602. The molecule has 0 aliphatic heterocycles. The van der Waals surface area contributed by atoms with E-state index in [9.17, 15) is 4.79 Å². The summed E-state index contributed by atoms with van der Waals surface area (Å²) in [5.41, 5.74) is 2.88. The Morgan fingerprint density at radius 1 is 1.00 bits per heavy atom. The minimum atomic E-state index is -0.504. The monoisotopic (exact) mass is 397 g/mol. The first-order chi connectivity index (χ1) is 14.1. The van der Waals surface area contributed by atoms with Gasteiger partial charge in [0.1, 0.15) is 5.75 Å². The molecule has 1 atom stereocenters. The van der Waals surface area contributed by atoms with E-state index in [0.717, 1.165) is 43.8 Å². The molecule has 0 amide bonds. The Hall–Kier alpha value is -2.53. The molecule has 2 aromatic carbocycles. The molecule has 0 radical (unpaired) electrons. The summed E-state index contributed by atoms with van der Waals surface area (Å²) in [6.07, 6.45) is 2.22. The Balaban J connectivity index is 1.60. The first-order valence-electron chi connectivity index (χ1n) is 10.4. The third-order valence-corrected chi connectivity index (χ3v) is 5.61. The van der Waals surface area contributed by atoms with Crippen molar-refractivity contribution in [2.24, 2.45) is 0 Å². The average molecular weight is 398 g/mol. The lowest BCUT2D eigenvalue weighted by Crippen LogP contribution is -2.24. The first-order valence-corrected chi connectivity index (χ1v) is 10.4. The van der Waals surface area contributed by atoms with Gasteiger partial charge in [-0.3, -0.25) is 4.79 Å². The lowest BCUT2D eigenvalue weighted by atomic mass is 10.1. The number of carbonyl (C=O) groups is 1. The SMILES string of the molecule is CCN(CC)CCCc1ccc(OC2Cc3cc(OC)c(OC)cc3C2=O)cc1. The van der Waals surface area contributed by atoms with Crippen molar-refractivity contribution in [2.75, 3.05) is 33.9 Å². The average Bonchev–Trinajstić information content (AvgIpc) is 3.05. The van der Waals surface area contributed by atoms with Gasteiger partial charge in [0.05, 0.1) is 14.2 Å². The maximum Gasteiger partial charge on any atom is 0.204 e. The van der Waals surface area contributed by atoms with Crippen molar-refractivity contribution in [1.29, 1.82) is 0 Å². The molecule has 5 nitrogen and oxygen atoms in total. The zero-order valence-electron chi connectivity index (χ0n) is 17.9. The Morgan fingerprint density at radius 2 is 1.66 bits per heavy atom. The summed E-state index contributed by atoms with van der Waals surface area (Å²) in [4.78, 5) is 15.2. The molecule has 0 heterocycles. The van der Waals surface area contributed by atoms with E-state index in [1.165, 1.54) is 5.56 Å². The lowest BCUT2D eigenvalue weighted by Gasteiger charge is -2.17. The van der Waals surface area contributed by atoms with Crippen LogP contribution in [-0.2, 0) is 12.8 Å². The van der Waals surface area contributed by atoms with Gasteiger partial charge in [-0.05, 0) is 67.9 Å². The molecule has 2 aromatic rings. The maximum atomic E-state index is 12.8. The molecular formula is C24H31NO4. The molecule has 0 aromatic heterocycles. The van der Waals surface area contributed by atoms with Crippen LogP contribution in [0.1, 0.15) is 41.8 Å². The zero-order chi connectivity index (χ0) is 20.8. The van der Waals surface area contributed by atoms with Crippen LogP contribution in [0, 0.1) is 0 Å². The number of fused-ring (bicyclic) bond motifs is 1. The molecule has 1 aliphatic carbocycles. The van der Waals surface area contributed by atoms with Crippen LogP contribution in [0.5, 0.6) is 17.2 Å². The highest BCUT2D eigenvalue weighted by molar-refractivity contribution is 6.04. The number of hydrogen-bond acceptors (Lipinski definition) is 5. The Bertz CT molecular complexity index is 828. The zero-order valence-corrected chi connectivity index (χ0v) is 17.9. The van der Waals surface area contributed by atoms with Gasteiger partial charge in [0.25, 0.3) is 0 Å². The van der Waals surface area contributed by atoms with Gasteiger partial charge in [0.15, 0.2) is 17.6 Å². The highest BCUT2D eigenvalue weighted by Crippen LogP contribution is 2.35. The van der Waals surface area contributed by atoms with Crippen LogP contribution < -0.4 is 14.2 Å². The van der Waals surface area contributed by atoms with E-state index in [1.807, 2.05) is 18.2 Å². The minimum Gasteiger partial charge on any atom is -0.493 e. The van der Waals surface area contributed by atoms with Crippen molar-refractivity contribution in [3.63, 3.8) is 0 Å². The van der Waals surface area contributed by atoms with E-state index >= 15 is 0 Å². The highest BCUT2D eigenvalue weighted by atomic mass is 16.5. The summed E-state index contributed by atoms with van der Waals surface area (Å²) in [6.45, 7) is 7.71. The molecule has 0 bridgehead atoms. The number of hydrogen-bond donors (Lipinski definition) is 0. The molecule has 0 saturated heterocycles. The van der Waals surface area contributed by atoms with Crippen LogP contribution in [0.3, 0.4) is 0 Å². The molecule has 1 unspecified atom stereocenters. The van der Waals surface area contributed by atoms with Crippen LogP contribution in [-0.4, -0.2) is 50.6 Å². The van der Waals surface area contributed by atoms with Crippen LogP contribution in [0.15, 0.2) is 36.4 Å². The Labute approximate surface area is 173 Å². The third kappa shape index (κ3) is 4.91. The number of rotatable bonds is 10. The number of methoxy groups -OCH3 is 2. The van der Waals surface area contributed by atoms with E-state index in [2.05, 4.69) is 30.9 Å².